The molecule has 0 amide bonds. The molecular weight excluding hydrogens is 391 g/mol. The van der Waals surface area contributed by atoms with Gasteiger partial charge in [0.05, 0.1) is 5.92 Å². The van der Waals surface area contributed by atoms with Gasteiger partial charge >= 0.3 is 5.97 Å². The van der Waals surface area contributed by atoms with Gasteiger partial charge < -0.3 is 14.9 Å². The predicted molar refractivity (Wildman–Crippen MR) is 108 cm³/mol. The van der Waals surface area contributed by atoms with Crippen molar-refractivity contribution in [3.8, 4) is 11.1 Å². The minimum absolute atomic E-state index is 0.299. The summed E-state index contributed by atoms with van der Waals surface area (Å²) in [4.78, 5) is 27.4. The van der Waals surface area contributed by atoms with Crippen molar-refractivity contribution in [2.75, 3.05) is 6.61 Å². The lowest BCUT2D eigenvalue weighted by molar-refractivity contribution is -0.755. The zero-order chi connectivity index (χ0) is 21.7. The molecule has 1 heterocycles. The van der Waals surface area contributed by atoms with Crippen LogP contribution in [0.2, 0.25) is 0 Å². The van der Waals surface area contributed by atoms with Crippen LogP contribution in [0.4, 0.5) is 4.39 Å². The second-order valence-corrected chi connectivity index (χ2v) is 7.03. The Labute approximate surface area is 172 Å². The average molecular weight is 412 g/mol. The number of benzene rings is 2. The van der Waals surface area contributed by atoms with Gasteiger partial charge in [-0.15, -0.1) is 10.1 Å². The van der Waals surface area contributed by atoms with Gasteiger partial charge in [0.25, 0.3) is 5.09 Å². The van der Waals surface area contributed by atoms with Crippen molar-refractivity contribution in [1.29, 1.82) is 0 Å². The Balaban J connectivity index is 1.69. The van der Waals surface area contributed by atoms with Crippen molar-refractivity contribution in [3.05, 3.63) is 94.0 Å². The Morgan fingerprint density at radius 3 is 2.67 bits per heavy atom. The van der Waals surface area contributed by atoms with E-state index in [0.29, 0.717) is 16.8 Å². The molecule has 0 spiro atoms. The normalized spacial score (nSPS) is 18.7. The van der Waals surface area contributed by atoms with Crippen LogP contribution in [0.1, 0.15) is 25.3 Å². The minimum Gasteiger partial charge on any atom is -0.435 e. The lowest BCUT2D eigenvalue weighted by Crippen LogP contribution is -2.47. The van der Waals surface area contributed by atoms with Gasteiger partial charge in [-0.05, 0) is 43.2 Å². The molecule has 0 bridgehead atoms. The Hall–Kier alpha value is -3.68. The molecule has 2 atom stereocenters. The molecule has 0 saturated heterocycles. The first kappa shape index (κ1) is 21.0. The summed E-state index contributed by atoms with van der Waals surface area (Å²) in [6, 6.07) is 13.8. The molecule has 2 aromatic rings. The predicted octanol–water partition coefficient (Wildman–Crippen LogP) is 4.11. The average Bonchev–Trinajstić information content (AvgIpc) is 2.72. The van der Waals surface area contributed by atoms with E-state index in [2.05, 4.69) is 10.2 Å². The summed E-state index contributed by atoms with van der Waals surface area (Å²) in [6.07, 6.45) is 4.80. The van der Waals surface area contributed by atoms with Gasteiger partial charge in [-0.2, -0.15) is 0 Å². The number of halogens is 1. The maximum Gasteiger partial charge on any atom is 0.315 e. The van der Waals surface area contributed by atoms with Crippen LogP contribution in [-0.4, -0.2) is 23.4 Å². The molecule has 156 valence electrons. The number of hydrogen-bond acceptors (Lipinski definition) is 6. The molecule has 0 aliphatic carbocycles. The third kappa shape index (κ3) is 5.02. The quantitative estimate of drug-likeness (QED) is 0.418. The molecule has 1 aliphatic rings. The zero-order valence-electron chi connectivity index (χ0n) is 16.5. The van der Waals surface area contributed by atoms with Crippen molar-refractivity contribution < 1.29 is 23.8 Å². The first-order valence-electron chi connectivity index (χ1n) is 9.29. The standard InChI is InChI=1S/C22H21FN2O5/c1-15(17-10-11-19(20(23)13-17)16-7-4-3-5-8-16)21(26)30-22(2)12-6-9-18(24-22)14-29-25(27)28/h3-13,15,24H,14H2,1-2H3. The van der Waals surface area contributed by atoms with Gasteiger partial charge in [-0.3, -0.25) is 4.79 Å². The summed E-state index contributed by atoms with van der Waals surface area (Å²) >= 11 is 0. The highest BCUT2D eigenvalue weighted by Gasteiger charge is 2.31. The molecule has 0 radical (unpaired) electrons. The highest BCUT2D eigenvalue weighted by atomic mass is 19.1. The SMILES string of the molecule is CC(C(=O)OC1(C)C=CC=C(CO[N+](=O)[O-])N1)c1ccc(-c2ccccc2)c(F)c1. The van der Waals surface area contributed by atoms with Crippen LogP contribution >= 0.6 is 0 Å². The van der Waals surface area contributed by atoms with E-state index in [1.807, 2.05) is 30.3 Å². The second-order valence-electron chi connectivity index (χ2n) is 7.03. The van der Waals surface area contributed by atoms with E-state index in [1.54, 1.807) is 44.2 Å². The van der Waals surface area contributed by atoms with Crippen molar-refractivity contribution in [2.24, 2.45) is 0 Å². The molecule has 7 nitrogen and oxygen atoms in total. The van der Waals surface area contributed by atoms with E-state index in [9.17, 15) is 19.3 Å². The van der Waals surface area contributed by atoms with E-state index >= 15 is 0 Å². The van der Waals surface area contributed by atoms with Crippen LogP contribution in [-0.2, 0) is 14.4 Å². The molecule has 30 heavy (non-hydrogen) atoms. The lowest BCUT2D eigenvalue weighted by atomic mass is 9.97. The molecule has 8 heteroatoms. The number of nitrogens with zero attached hydrogens (tertiary/aromatic N) is 1. The van der Waals surface area contributed by atoms with Crippen molar-refractivity contribution in [2.45, 2.75) is 25.5 Å². The zero-order valence-corrected chi connectivity index (χ0v) is 16.5. The number of carbonyl (C=O) groups is 1. The van der Waals surface area contributed by atoms with Gasteiger partial charge in [-0.1, -0.05) is 48.5 Å². The Morgan fingerprint density at radius 1 is 1.27 bits per heavy atom. The highest BCUT2D eigenvalue weighted by Crippen LogP contribution is 2.28. The third-order valence-electron chi connectivity index (χ3n) is 4.69. The van der Waals surface area contributed by atoms with Crippen molar-refractivity contribution in [1.82, 2.24) is 5.32 Å². The van der Waals surface area contributed by atoms with Crippen LogP contribution in [0.25, 0.3) is 11.1 Å². The number of carbonyl (C=O) groups excluding carboxylic acids is 1. The maximum absolute atomic E-state index is 14.6. The van der Waals surface area contributed by atoms with E-state index < -0.39 is 28.5 Å². The summed E-state index contributed by atoms with van der Waals surface area (Å²) in [5.41, 5.74) is 0.850. The molecule has 2 unspecified atom stereocenters. The smallest absolute Gasteiger partial charge is 0.315 e. The van der Waals surface area contributed by atoms with E-state index in [0.717, 1.165) is 5.56 Å². The number of ether oxygens (including phenoxy) is 1. The van der Waals surface area contributed by atoms with Crippen LogP contribution in [0, 0.1) is 15.9 Å². The van der Waals surface area contributed by atoms with E-state index in [-0.39, 0.29) is 6.61 Å². The first-order valence-corrected chi connectivity index (χ1v) is 9.29. The Bertz CT molecular complexity index is 1010. The van der Waals surface area contributed by atoms with Gasteiger partial charge in [0.15, 0.2) is 0 Å². The number of hydrogen-bond donors (Lipinski definition) is 1. The number of allylic oxidation sites excluding steroid dienone is 2. The summed E-state index contributed by atoms with van der Waals surface area (Å²) < 4.78 is 20.2. The highest BCUT2D eigenvalue weighted by molar-refractivity contribution is 5.79. The Kier molecular flexibility index (Phi) is 6.15. The maximum atomic E-state index is 14.6. The fourth-order valence-corrected chi connectivity index (χ4v) is 3.10. The van der Waals surface area contributed by atoms with Crippen LogP contribution in [0.3, 0.4) is 0 Å². The van der Waals surface area contributed by atoms with E-state index in [1.165, 1.54) is 6.07 Å². The Morgan fingerprint density at radius 2 is 2.00 bits per heavy atom. The van der Waals surface area contributed by atoms with Gasteiger partial charge in [0.2, 0.25) is 5.72 Å². The minimum atomic E-state index is -1.21. The van der Waals surface area contributed by atoms with Crippen LogP contribution in [0.15, 0.2) is 72.5 Å². The van der Waals surface area contributed by atoms with Crippen molar-refractivity contribution in [3.63, 3.8) is 0 Å². The second kappa shape index (κ2) is 8.77. The fourth-order valence-electron chi connectivity index (χ4n) is 3.10. The summed E-state index contributed by atoms with van der Waals surface area (Å²) in [5, 5.41) is 12.4. The fraction of sp³-hybridized carbons (Fsp3) is 0.227. The van der Waals surface area contributed by atoms with Crippen molar-refractivity contribution >= 4 is 5.97 Å². The van der Waals surface area contributed by atoms with Gasteiger partial charge in [0.1, 0.15) is 12.4 Å². The molecule has 2 aromatic carbocycles. The summed E-state index contributed by atoms with van der Waals surface area (Å²) in [6.45, 7) is 2.93. The number of nitrogens with one attached hydrogen (secondary N) is 1. The van der Waals surface area contributed by atoms with Gasteiger partial charge in [-0.25, -0.2) is 4.39 Å². The molecule has 0 fully saturated rings. The van der Waals surface area contributed by atoms with Crippen LogP contribution in [0.5, 0.6) is 0 Å². The molecular formula is C22H21FN2O5. The van der Waals surface area contributed by atoms with Crippen LogP contribution < -0.4 is 5.32 Å². The molecule has 0 aromatic heterocycles. The molecule has 1 aliphatic heterocycles. The van der Waals surface area contributed by atoms with Gasteiger partial charge in [0, 0.05) is 11.3 Å². The third-order valence-corrected chi connectivity index (χ3v) is 4.69. The largest absolute Gasteiger partial charge is 0.435 e. The topological polar surface area (TPSA) is 90.7 Å². The molecule has 3 rings (SSSR count). The summed E-state index contributed by atoms with van der Waals surface area (Å²) in [7, 11) is 0. The van der Waals surface area contributed by atoms with E-state index in [4.69, 9.17) is 4.74 Å². The summed E-state index contributed by atoms with van der Waals surface area (Å²) in [5.74, 6) is -1.72. The lowest BCUT2D eigenvalue weighted by Gasteiger charge is -2.32. The number of rotatable bonds is 7. The number of esters is 1. The molecule has 0 saturated carbocycles. The molecule has 1 N–H and O–H groups in total. The first-order chi connectivity index (χ1) is 14.3. The monoisotopic (exact) mass is 412 g/mol. The number of dihydropyridines is 1.